The summed E-state index contributed by atoms with van der Waals surface area (Å²) >= 11 is 1.89. The summed E-state index contributed by atoms with van der Waals surface area (Å²) in [5, 5.41) is 3.27. The van der Waals surface area contributed by atoms with Crippen LogP contribution in [0.15, 0.2) is 23.2 Å². The molecule has 0 radical (unpaired) electrons. The Morgan fingerprint density at radius 1 is 1.35 bits per heavy atom. The number of rotatable bonds is 5. The van der Waals surface area contributed by atoms with Gasteiger partial charge in [-0.3, -0.25) is 0 Å². The number of sulfone groups is 1. The summed E-state index contributed by atoms with van der Waals surface area (Å²) in [6.07, 6.45) is 11.2. The van der Waals surface area contributed by atoms with E-state index in [4.69, 9.17) is 0 Å². The van der Waals surface area contributed by atoms with E-state index in [9.17, 15) is 8.42 Å². The summed E-state index contributed by atoms with van der Waals surface area (Å²) in [7, 11) is -3.24. The van der Waals surface area contributed by atoms with Crippen LogP contribution in [0.3, 0.4) is 0 Å². The van der Waals surface area contributed by atoms with Crippen LogP contribution in [0, 0.1) is 0 Å². The Hall–Kier alpha value is -0.750. The molecule has 6 heteroatoms. The minimum atomic E-state index is -3.24. The molecule has 0 amide bonds. The summed E-state index contributed by atoms with van der Waals surface area (Å²) < 4.78 is 23.8. The van der Waals surface area contributed by atoms with E-state index in [0.717, 1.165) is 6.54 Å². The zero-order chi connectivity index (χ0) is 14.6. The van der Waals surface area contributed by atoms with Gasteiger partial charge < -0.3 is 5.32 Å². The first-order chi connectivity index (χ1) is 9.47. The first kappa shape index (κ1) is 15.6. The summed E-state index contributed by atoms with van der Waals surface area (Å²) in [5.74, 6) is 0.481. The molecule has 1 saturated carbocycles. The van der Waals surface area contributed by atoms with Gasteiger partial charge in [-0.1, -0.05) is 19.3 Å². The second-order valence-corrected chi connectivity index (χ2v) is 8.68. The van der Waals surface area contributed by atoms with E-state index < -0.39 is 9.84 Å². The zero-order valence-electron chi connectivity index (χ0n) is 12.1. The number of pyridine rings is 1. The fourth-order valence-corrected chi connectivity index (χ4v) is 4.43. The molecule has 1 N–H and O–H groups in total. The topological polar surface area (TPSA) is 59.1 Å². The lowest BCUT2D eigenvalue weighted by molar-refractivity contribution is 0.411. The van der Waals surface area contributed by atoms with Crippen LogP contribution in [0.25, 0.3) is 0 Å². The highest BCUT2D eigenvalue weighted by molar-refractivity contribution is 8.00. The fourth-order valence-electron chi connectivity index (χ4n) is 2.72. The maximum absolute atomic E-state index is 11.8. The van der Waals surface area contributed by atoms with Crippen molar-refractivity contribution in [3.05, 3.63) is 18.3 Å². The van der Waals surface area contributed by atoms with Crippen molar-refractivity contribution in [2.75, 3.05) is 24.4 Å². The zero-order valence-corrected chi connectivity index (χ0v) is 13.7. The van der Waals surface area contributed by atoms with E-state index in [1.165, 1.54) is 38.4 Å². The summed E-state index contributed by atoms with van der Waals surface area (Å²) in [6, 6.07) is 3.27. The van der Waals surface area contributed by atoms with Gasteiger partial charge in [0.05, 0.1) is 0 Å². The number of aromatic nitrogens is 1. The third kappa shape index (κ3) is 3.67. The lowest BCUT2D eigenvalue weighted by atomic mass is 9.88. The lowest BCUT2D eigenvalue weighted by Crippen LogP contribution is -2.36. The number of hydrogen-bond donors (Lipinski definition) is 1. The highest BCUT2D eigenvalue weighted by Crippen LogP contribution is 2.38. The van der Waals surface area contributed by atoms with Crippen LogP contribution in [0.1, 0.15) is 32.1 Å². The average molecular weight is 314 g/mol. The molecule has 20 heavy (non-hydrogen) atoms. The van der Waals surface area contributed by atoms with E-state index in [1.54, 1.807) is 18.3 Å². The molecule has 0 atom stereocenters. The average Bonchev–Trinajstić information content (AvgIpc) is 2.45. The van der Waals surface area contributed by atoms with Crippen LogP contribution in [-0.4, -0.2) is 37.2 Å². The summed E-state index contributed by atoms with van der Waals surface area (Å²) in [4.78, 5) is 4.48. The third-order valence-corrected chi connectivity index (χ3v) is 6.49. The van der Waals surface area contributed by atoms with Crippen molar-refractivity contribution in [3.8, 4) is 0 Å². The van der Waals surface area contributed by atoms with Gasteiger partial charge in [0.15, 0.2) is 9.84 Å². The molecule has 1 aliphatic carbocycles. The molecular formula is C14H22N2O2S2. The molecule has 4 nitrogen and oxygen atoms in total. The molecule has 0 aliphatic heterocycles. The molecule has 1 aromatic heterocycles. The number of nitrogens with one attached hydrogen (secondary N) is 1. The molecule has 0 unspecified atom stereocenters. The van der Waals surface area contributed by atoms with Crippen LogP contribution in [-0.2, 0) is 9.84 Å². The second kappa shape index (κ2) is 6.35. The molecule has 0 spiro atoms. The molecule has 2 rings (SSSR count). The maximum atomic E-state index is 11.8. The Balaban J connectivity index is 2.14. The number of thioether (sulfide) groups is 1. The van der Waals surface area contributed by atoms with Crippen molar-refractivity contribution in [2.24, 2.45) is 0 Å². The van der Waals surface area contributed by atoms with Crippen LogP contribution >= 0.6 is 11.8 Å². The lowest BCUT2D eigenvalue weighted by Gasteiger charge is -2.36. The third-order valence-electron chi connectivity index (χ3n) is 3.95. The molecule has 1 aliphatic rings. The van der Waals surface area contributed by atoms with Crippen molar-refractivity contribution < 1.29 is 8.42 Å². The molecule has 112 valence electrons. The minimum Gasteiger partial charge on any atom is -0.368 e. The predicted octanol–water partition coefficient (Wildman–Crippen LogP) is 2.96. The Labute approximate surface area is 125 Å². The standard InChI is InChI=1S/C14H22N2O2S2/c1-19-14(8-4-3-5-9-14)11-16-13-12(20(2,17)18)7-6-10-15-13/h6-7,10H,3-5,8-9,11H2,1-2H3,(H,15,16). The Morgan fingerprint density at radius 2 is 2.05 bits per heavy atom. The van der Waals surface area contributed by atoms with Gasteiger partial charge in [0.25, 0.3) is 0 Å². The number of anilines is 1. The molecule has 1 aromatic rings. The quantitative estimate of drug-likeness (QED) is 0.905. The Bertz CT molecular complexity index is 552. The monoisotopic (exact) mass is 314 g/mol. The molecule has 0 saturated heterocycles. The Morgan fingerprint density at radius 3 is 2.65 bits per heavy atom. The van der Waals surface area contributed by atoms with E-state index in [1.807, 2.05) is 11.8 Å². The van der Waals surface area contributed by atoms with Gasteiger partial charge in [-0.05, 0) is 31.2 Å². The maximum Gasteiger partial charge on any atom is 0.179 e. The van der Waals surface area contributed by atoms with Crippen molar-refractivity contribution in [2.45, 2.75) is 41.7 Å². The van der Waals surface area contributed by atoms with Crippen molar-refractivity contribution in [3.63, 3.8) is 0 Å². The van der Waals surface area contributed by atoms with E-state index in [0.29, 0.717) is 5.82 Å². The van der Waals surface area contributed by atoms with Crippen LogP contribution in [0.4, 0.5) is 5.82 Å². The molecule has 1 heterocycles. The minimum absolute atomic E-state index is 0.213. The summed E-state index contributed by atoms with van der Waals surface area (Å²) in [6.45, 7) is 0.772. The largest absolute Gasteiger partial charge is 0.368 e. The van der Waals surface area contributed by atoms with Gasteiger partial charge in [0.1, 0.15) is 10.7 Å². The van der Waals surface area contributed by atoms with E-state index in [-0.39, 0.29) is 9.64 Å². The van der Waals surface area contributed by atoms with E-state index in [2.05, 4.69) is 16.6 Å². The van der Waals surface area contributed by atoms with Crippen molar-refractivity contribution in [1.29, 1.82) is 0 Å². The molecule has 0 bridgehead atoms. The van der Waals surface area contributed by atoms with Crippen molar-refractivity contribution >= 4 is 27.4 Å². The predicted molar refractivity (Wildman–Crippen MR) is 85.2 cm³/mol. The smallest absolute Gasteiger partial charge is 0.179 e. The van der Waals surface area contributed by atoms with Crippen LogP contribution < -0.4 is 5.32 Å². The van der Waals surface area contributed by atoms with Crippen molar-refractivity contribution in [1.82, 2.24) is 4.98 Å². The number of nitrogens with zero attached hydrogens (tertiary/aromatic N) is 1. The SMILES string of the molecule is CSC1(CNc2ncccc2S(C)(=O)=O)CCCCC1. The van der Waals surface area contributed by atoms with Gasteiger partial charge in [-0.2, -0.15) is 11.8 Å². The normalized spacial score (nSPS) is 18.7. The van der Waals surface area contributed by atoms with Gasteiger partial charge in [0.2, 0.25) is 0 Å². The molecule has 1 fully saturated rings. The molecule has 0 aromatic carbocycles. The second-order valence-electron chi connectivity index (χ2n) is 5.42. The van der Waals surface area contributed by atoms with Crippen LogP contribution in [0.5, 0.6) is 0 Å². The van der Waals surface area contributed by atoms with Gasteiger partial charge in [0, 0.05) is 23.7 Å². The van der Waals surface area contributed by atoms with Gasteiger partial charge in [-0.15, -0.1) is 0 Å². The van der Waals surface area contributed by atoms with E-state index >= 15 is 0 Å². The highest BCUT2D eigenvalue weighted by atomic mass is 32.2. The highest BCUT2D eigenvalue weighted by Gasteiger charge is 2.31. The van der Waals surface area contributed by atoms with Crippen LogP contribution in [0.2, 0.25) is 0 Å². The first-order valence-corrected chi connectivity index (χ1v) is 10.0. The Kier molecular flexibility index (Phi) is 4.96. The van der Waals surface area contributed by atoms with Gasteiger partial charge in [-0.25, -0.2) is 13.4 Å². The fraction of sp³-hybridized carbons (Fsp3) is 0.643. The summed E-state index contributed by atoms with van der Waals surface area (Å²) in [5.41, 5.74) is 0. The molecular weight excluding hydrogens is 292 g/mol. The number of hydrogen-bond acceptors (Lipinski definition) is 5. The first-order valence-electron chi connectivity index (χ1n) is 6.91. The van der Waals surface area contributed by atoms with Gasteiger partial charge >= 0.3 is 0 Å².